The number of aliphatic carboxylic acids is 1. The molecular weight excluding hydrogens is 314 g/mol. The Morgan fingerprint density at radius 1 is 1.38 bits per heavy atom. The third-order valence-corrected chi connectivity index (χ3v) is 4.04. The molecule has 1 saturated heterocycles. The summed E-state index contributed by atoms with van der Waals surface area (Å²) < 4.78 is 0. The number of carboxylic acid groups (broad SMARTS) is 1. The van der Waals surface area contributed by atoms with Gasteiger partial charge in [-0.1, -0.05) is 23.7 Å². The number of hydrogen-bond donors (Lipinski definition) is 1. The van der Waals surface area contributed by atoms with Crippen molar-refractivity contribution in [2.75, 3.05) is 0 Å². The minimum absolute atomic E-state index is 0.272. The highest BCUT2D eigenvalue weighted by molar-refractivity contribution is 8.18. The van der Waals surface area contributed by atoms with Crippen LogP contribution in [0.25, 0.3) is 6.08 Å². The fraction of sp³-hybridized carbons (Fsp3) is 0.214. The van der Waals surface area contributed by atoms with Crippen molar-refractivity contribution in [1.29, 1.82) is 0 Å². The van der Waals surface area contributed by atoms with Crippen molar-refractivity contribution in [3.05, 3.63) is 39.8 Å². The zero-order valence-corrected chi connectivity index (χ0v) is 12.6. The molecule has 5 nitrogen and oxygen atoms in total. The lowest BCUT2D eigenvalue weighted by molar-refractivity contribution is -0.138. The lowest BCUT2D eigenvalue weighted by Gasteiger charge is -2.19. The van der Waals surface area contributed by atoms with Crippen LogP contribution in [0.5, 0.6) is 0 Å². The zero-order chi connectivity index (χ0) is 15.6. The summed E-state index contributed by atoms with van der Waals surface area (Å²) in [4.78, 5) is 36.0. The number of carbonyl (C=O) groups excluding carboxylic acids is 2. The molecule has 1 atom stereocenters. The van der Waals surface area contributed by atoms with Gasteiger partial charge in [-0.05, 0) is 42.5 Å². The van der Waals surface area contributed by atoms with Crippen LogP contribution in [0.1, 0.15) is 18.9 Å². The first kappa shape index (κ1) is 15.6. The molecule has 0 aromatic heterocycles. The van der Waals surface area contributed by atoms with Gasteiger partial charge >= 0.3 is 5.97 Å². The molecule has 7 heteroatoms. The Hall–Kier alpha value is -1.79. The monoisotopic (exact) mass is 325 g/mol. The first-order chi connectivity index (χ1) is 9.88. The molecule has 1 heterocycles. The molecule has 21 heavy (non-hydrogen) atoms. The van der Waals surface area contributed by atoms with E-state index < -0.39 is 23.2 Å². The van der Waals surface area contributed by atoms with E-state index in [9.17, 15) is 14.4 Å². The number of carboxylic acids is 1. The number of thioether (sulfide) groups is 1. The highest BCUT2D eigenvalue weighted by atomic mass is 35.5. The van der Waals surface area contributed by atoms with Gasteiger partial charge in [-0.15, -0.1) is 0 Å². The molecule has 1 unspecified atom stereocenters. The van der Waals surface area contributed by atoms with Crippen LogP contribution in [0.3, 0.4) is 0 Å². The average molecular weight is 326 g/mol. The predicted molar refractivity (Wildman–Crippen MR) is 81.0 cm³/mol. The SMILES string of the molecule is CC(CC(=O)O)N1C(=O)SC(=Cc2ccc(Cl)cc2)C1=O. The van der Waals surface area contributed by atoms with E-state index >= 15 is 0 Å². The van der Waals surface area contributed by atoms with Gasteiger partial charge in [0, 0.05) is 11.1 Å². The summed E-state index contributed by atoms with van der Waals surface area (Å²) in [6.45, 7) is 1.54. The third-order valence-electron chi connectivity index (χ3n) is 2.90. The summed E-state index contributed by atoms with van der Waals surface area (Å²) in [5, 5.41) is 8.89. The van der Waals surface area contributed by atoms with E-state index in [-0.39, 0.29) is 11.3 Å². The smallest absolute Gasteiger partial charge is 0.305 e. The topological polar surface area (TPSA) is 74.7 Å². The summed E-state index contributed by atoms with van der Waals surface area (Å²) in [7, 11) is 0. The molecule has 110 valence electrons. The second kappa shape index (κ2) is 6.32. The van der Waals surface area contributed by atoms with E-state index in [4.69, 9.17) is 16.7 Å². The van der Waals surface area contributed by atoms with Crippen molar-refractivity contribution < 1.29 is 19.5 Å². The van der Waals surface area contributed by atoms with Crippen molar-refractivity contribution >= 4 is 46.6 Å². The first-order valence-corrected chi connectivity index (χ1v) is 7.32. The molecule has 0 radical (unpaired) electrons. The van der Waals surface area contributed by atoms with Crippen LogP contribution in [-0.2, 0) is 9.59 Å². The molecule has 0 bridgehead atoms. The van der Waals surface area contributed by atoms with Gasteiger partial charge in [0.15, 0.2) is 0 Å². The molecule has 0 spiro atoms. The molecule has 1 fully saturated rings. The van der Waals surface area contributed by atoms with Gasteiger partial charge in [0.25, 0.3) is 11.1 Å². The van der Waals surface area contributed by atoms with E-state index in [1.807, 2.05) is 0 Å². The van der Waals surface area contributed by atoms with Crippen molar-refractivity contribution in [2.24, 2.45) is 0 Å². The second-order valence-corrected chi connectivity index (χ2v) is 5.98. The summed E-state index contributed by atoms with van der Waals surface area (Å²) in [5.41, 5.74) is 0.746. The van der Waals surface area contributed by atoms with E-state index in [1.54, 1.807) is 30.3 Å². The first-order valence-electron chi connectivity index (χ1n) is 6.13. The Kier molecular flexibility index (Phi) is 4.69. The van der Waals surface area contributed by atoms with E-state index in [2.05, 4.69) is 0 Å². The van der Waals surface area contributed by atoms with E-state index in [0.29, 0.717) is 5.02 Å². The zero-order valence-electron chi connectivity index (χ0n) is 11.1. The Labute approximate surface area is 130 Å². The van der Waals surface area contributed by atoms with Gasteiger partial charge in [0.05, 0.1) is 11.3 Å². The molecule has 1 aliphatic rings. The maximum absolute atomic E-state index is 12.2. The Morgan fingerprint density at radius 3 is 2.57 bits per heavy atom. The van der Waals surface area contributed by atoms with E-state index in [1.165, 1.54) is 6.92 Å². The van der Waals surface area contributed by atoms with Crippen LogP contribution in [0.2, 0.25) is 5.02 Å². The fourth-order valence-electron chi connectivity index (χ4n) is 1.91. The molecule has 0 aliphatic carbocycles. The number of nitrogens with zero attached hydrogens (tertiary/aromatic N) is 1. The molecule has 1 aliphatic heterocycles. The largest absolute Gasteiger partial charge is 0.481 e. The third kappa shape index (κ3) is 3.65. The lowest BCUT2D eigenvalue weighted by Crippen LogP contribution is -2.38. The van der Waals surface area contributed by atoms with Crippen LogP contribution in [0.15, 0.2) is 29.2 Å². The number of imide groups is 1. The summed E-state index contributed by atoms with van der Waals surface area (Å²) in [6.07, 6.45) is 1.32. The Balaban J connectivity index is 2.21. The Bertz CT molecular complexity index is 626. The second-order valence-electron chi connectivity index (χ2n) is 4.55. The summed E-state index contributed by atoms with van der Waals surface area (Å²) in [5.74, 6) is -1.52. The fourth-order valence-corrected chi connectivity index (χ4v) is 2.97. The highest BCUT2D eigenvalue weighted by Gasteiger charge is 2.38. The summed E-state index contributed by atoms with van der Waals surface area (Å²) in [6, 6.07) is 6.16. The van der Waals surface area contributed by atoms with Crippen molar-refractivity contribution in [1.82, 2.24) is 4.90 Å². The van der Waals surface area contributed by atoms with Gasteiger partial charge in [-0.25, -0.2) is 0 Å². The number of benzene rings is 1. The molecule has 1 N–H and O–H groups in total. The van der Waals surface area contributed by atoms with E-state index in [0.717, 1.165) is 22.2 Å². The average Bonchev–Trinajstić information content (AvgIpc) is 2.66. The maximum atomic E-state index is 12.2. The Morgan fingerprint density at radius 2 is 2.00 bits per heavy atom. The minimum atomic E-state index is -1.05. The highest BCUT2D eigenvalue weighted by Crippen LogP contribution is 2.34. The quantitative estimate of drug-likeness (QED) is 0.860. The lowest BCUT2D eigenvalue weighted by atomic mass is 10.2. The normalized spacial score (nSPS) is 18.4. The molecular formula is C14H12ClNO4S. The van der Waals surface area contributed by atoms with Gasteiger partial charge in [0.1, 0.15) is 0 Å². The number of carbonyl (C=O) groups is 3. The van der Waals surface area contributed by atoms with Crippen LogP contribution in [-0.4, -0.2) is 33.2 Å². The molecule has 1 aromatic carbocycles. The number of amides is 2. The summed E-state index contributed by atoms with van der Waals surface area (Å²) >= 11 is 6.59. The number of rotatable bonds is 4. The van der Waals surface area contributed by atoms with Crippen molar-refractivity contribution in [3.63, 3.8) is 0 Å². The van der Waals surface area contributed by atoms with Gasteiger partial charge < -0.3 is 5.11 Å². The van der Waals surface area contributed by atoms with Crippen molar-refractivity contribution in [3.8, 4) is 0 Å². The predicted octanol–water partition coefficient (Wildman–Crippen LogP) is 3.24. The minimum Gasteiger partial charge on any atom is -0.481 e. The number of hydrogen-bond acceptors (Lipinski definition) is 4. The number of halogens is 1. The van der Waals surface area contributed by atoms with Gasteiger partial charge in [0.2, 0.25) is 0 Å². The van der Waals surface area contributed by atoms with Crippen LogP contribution < -0.4 is 0 Å². The molecule has 2 amide bonds. The standard InChI is InChI=1S/C14H12ClNO4S/c1-8(6-12(17)18)16-13(19)11(21-14(16)20)7-9-2-4-10(15)5-3-9/h2-5,7-8H,6H2,1H3,(H,17,18). The van der Waals surface area contributed by atoms with Crippen LogP contribution in [0.4, 0.5) is 4.79 Å². The van der Waals surface area contributed by atoms with Crippen LogP contribution in [0, 0.1) is 0 Å². The maximum Gasteiger partial charge on any atom is 0.305 e. The molecule has 2 rings (SSSR count). The molecule has 1 aromatic rings. The molecule has 0 saturated carbocycles. The van der Waals surface area contributed by atoms with Gasteiger partial charge in [-0.3, -0.25) is 19.3 Å². The van der Waals surface area contributed by atoms with Crippen molar-refractivity contribution in [2.45, 2.75) is 19.4 Å². The van der Waals surface area contributed by atoms with Gasteiger partial charge in [-0.2, -0.15) is 0 Å². The van der Waals surface area contributed by atoms with Crippen LogP contribution >= 0.6 is 23.4 Å².